The lowest BCUT2D eigenvalue weighted by Gasteiger charge is -2.07. The van der Waals surface area contributed by atoms with Crippen LogP contribution in [0.25, 0.3) is 4.96 Å². The number of anilines is 1. The Morgan fingerprint density at radius 2 is 2.25 bits per heavy atom. The third kappa shape index (κ3) is 3.95. The van der Waals surface area contributed by atoms with Gasteiger partial charge in [0.15, 0.2) is 4.96 Å². The lowest BCUT2D eigenvalue weighted by Crippen LogP contribution is -2.15. The largest absolute Gasteiger partial charge is 0.324 e. The summed E-state index contributed by atoms with van der Waals surface area (Å²) in [4.78, 5) is 28.8. The van der Waals surface area contributed by atoms with Crippen molar-refractivity contribution in [1.29, 1.82) is 0 Å². The number of amides is 1. The number of aromatic nitrogens is 2. The molecule has 0 unspecified atom stereocenters. The van der Waals surface area contributed by atoms with Gasteiger partial charge in [-0.05, 0) is 18.2 Å². The van der Waals surface area contributed by atoms with Crippen LogP contribution in [0.3, 0.4) is 0 Å². The maximum absolute atomic E-state index is 13.0. The van der Waals surface area contributed by atoms with Crippen LogP contribution in [0.4, 0.5) is 10.1 Å². The summed E-state index contributed by atoms with van der Waals surface area (Å²) in [7, 11) is 0. The number of hydrogen-bond donors (Lipinski definition) is 1. The maximum atomic E-state index is 13.0. The fourth-order valence-corrected chi connectivity index (χ4v) is 3.66. The van der Waals surface area contributed by atoms with E-state index in [4.69, 9.17) is 11.6 Å². The number of nitrogens with zero attached hydrogens (tertiary/aromatic N) is 2. The molecule has 0 aliphatic rings. The van der Waals surface area contributed by atoms with Gasteiger partial charge in [-0.2, -0.15) is 0 Å². The molecule has 0 aliphatic carbocycles. The molecule has 0 bridgehead atoms. The van der Waals surface area contributed by atoms with E-state index in [2.05, 4.69) is 10.3 Å². The van der Waals surface area contributed by atoms with Crippen molar-refractivity contribution in [3.63, 3.8) is 0 Å². The van der Waals surface area contributed by atoms with E-state index in [0.29, 0.717) is 22.1 Å². The number of carbonyl (C=O) groups excluding carboxylic acids is 1. The molecule has 0 aliphatic heterocycles. The molecule has 3 rings (SSSR count). The average Bonchev–Trinajstić information content (AvgIpc) is 2.99. The van der Waals surface area contributed by atoms with Crippen molar-refractivity contribution in [2.24, 2.45) is 0 Å². The summed E-state index contributed by atoms with van der Waals surface area (Å²) in [6.07, 6.45) is 1.67. The molecule has 2 aromatic heterocycles. The first-order chi connectivity index (χ1) is 11.5. The van der Waals surface area contributed by atoms with Crippen LogP contribution in [0.2, 0.25) is 5.02 Å². The molecule has 0 atom stereocenters. The van der Waals surface area contributed by atoms with Crippen LogP contribution in [-0.4, -0.2) is 21.0 Å². The number of carbonyl (C=O) groups is 1. The molecule has 24 heavy (non-hydrogen) atoms. The highest BCUT2D eigenvalue weighted by Gasteiger charge is 2.08. The summed E-state index contributed by atoms with van der Waals surface area (Å²) < 4.78 is 14.4. The van der Waals surface area contributed by atoms with Crippen LogP contribution in [0.5, 0.6) is 0 Å². The van der Waals surface area contributed by atoms with Gasteiger partial charge in [-0.25, -0.2) is 9.37 Å². The molecule has 1 amide bonds. The molecule has 0 saturated carbocycles. The number of fused-ring (bicyclic) bond motifs is 1. The minimum atomic E-state index is -0.464. The van der Waals surface area contributed by atoms with Gasteiger partial charge < -0.3 is 5.32 Å². The molecule has 1 N–H and O–H groups in total. The second-order valence-corrected chi connectivity index (χ2v) is 7.07. The van der Waals surface area contributed by atoms with E-state index >= 15 is 0 Å². The summed E-state index contributed by atoms with van der Waals surface area (Å²) in [5, 5.41) is 4.55. The zero-order chi connectivity index (χ0) is 17.1. The average molecular weight is 384 g/mol. The summed E-state index contributed by atoms with van der Waals surface area (Å²) in [5.41, 5.74) is 0.847. The van der Waals surface area contributed by atoms with Crippen molar-refractivity contribution in [2.75, 3.05) is 11.1 Å². The number of halogens is 2. The van der Waals surface area contributed by atoms with Crippen molar-refractivity contribution in [1.82, 2.24) is 9.38 Å². The molecular formula is C15H11ClFN3O2S2. The zero-order valence-corrected chi connectivity index (χ0v) is 14.6. The highest BCUT2D eigenvalue weighted by atomic mass is 35.5. The highest BCUT2D eigenvalue weighted by Crippen LogP contribution is 2.22. The Balaban J connectivity index is 1.57. The predicted octanol–water partition coefficient (Wildman–Crippen LogP) is 3.42. The van der Waals surface area contributed by atoms with Crippen LogP contribution in [0.15, 0.2) is 40.6 Å². The predicted molar refractivity (Wildman–Crippen MR) is 95.5 cm³/mol. The Labute approximate surface area is 149 Å². The Bertz CT molecular complexity index is 957. The van der Waals surface area contributed by atoms with Crippen LogP contribution in [-0.2, 0) is 10.5 Å². The van der Waals surface area contributed by atoms with Gasteiger partial charge in [0.2, 0.25) is 5.91 Å². The fraction of sp³-hybridized carbons (Fsp3) is 0.133. The van der Waals surface area contributed by atoms with Crippen molar-refractivity contribution in [2.45, 2.75) is 5.75 Å². The summed E-state index contributed by atoms with van der Waals surface area (Å²) in [6.45, 7) is 0. The van der Waals surface area contributed by atoms with Crippen molar-refractivity contribution in [3.05, 3.63) is 62.7 Å². The van der Waals surface area contributed by atoms with E-state index in [1.165, 1.54) is 45.7 Å². The van der Waals surface area contributed by atoms with E-state index in [9.17, 15) is 14.0 Å². The topological polar surface area (TPSA) is 63.5 Å². The van der Waals surface area contributed by atoms with Crippen molar-refractivity contribution >= 4 is 51.3 Å². The third-order valence-corrected chi connectivity index (χ3v) is 5.08. The Morgan fingerprint density at radius 1 is 1.42 bits per heavy atom. The quantitative estimate of drug-likeness (QED) is 0.733. The second-order valence-electron chi connectivity index (χ2n) is 4.81. The van der Waals surface area contributed by atoms with Gasteiger partial charge >= 0.3 is 0 Å². The number of benzene rings is 1. The molecule has 0 fully saturated rings. The zero-order valence-electron chi connectivity index (χ0n) is 12.2. The van der Waals surface area contributed by atoms with Gasteiger partial charge in [0.1, 0.15) is 5.82 Å². The first kappa shape index (κ1) is 16.9. The fourth-order valence-electron chi connectivity index (χ4n) is 1.99. The van der Waals surface area contributed by atoms with E-state index in [1.807, 2.05) is 0 Å². The van der Waals surface area contributed by atoms with Crippen molar-refractivity contribution in [3.8, 4) is 0 Å². The minimum absolute atomic E-state index is 0.139. The van der Waals surface area contributed by atoms with E-state index in [0.717, 1.165) is 6.07 Å². The highest BCUT2D eigenvalue weighted by molar-refractivity contribution is 7.99. The SMILES string of the molecule is O=C(CSCc1cc(=O)n2ccsc2n1)Nc1ccc(F)cc1Cl. The molecule has 124 valence electrons. The van der Waals surface area contributed by atoms with Gasteiger partial charge in [0.25, 0.3) is 5.56 Å². The van der Waals surface area contributed by atoms with Gasteiger partial charge in [0, 0.05) is 23.4 Å². The minimum Gasteiger partial charge on any atom is -0.324 e. The van der Waals surface area contributed by atoms with Gasteiger partial charge in [-0.1, -0.05) is 11.6 Å². The van der Waals surface area contributed by atoms with Crippen LogP contribution in [0, 0.1) is 5.82 Å². The van der Waals surface area contributed by atoms with Crippen LogP contribution >= 0.6 is 34.7 Å². The first-order valence-corrected chi connectivity index (χ1v) is 9.22. The molecule has 1 aromatic carbocycles. The third-order valence-electron chi connectivity index (χ3n) is 3.04. The molecule has 0 saturated heterocycles. The molecular weight excluding hydrogens is 373 g/mol. The van der Waals surface area contributed by atoms with Gasteiger partial charge in [-0.3, -0.25) is 14.0 Å². The van der Waals surface area contributed by atoms with E-state index in [-0.39, 0.29) is 22.2 Å². The number of thioether (sulfide) groups is 1. The molecule has 0 spiro atoms. The first-order valence-electron chi connectivity index (χ1n) is 6.81. The standard InChI is InChI=1S/C15H11ClFN3O2S2/c16-11-5-9(17)1-2-12(11)19-13(21)8-23-7-10-6-14(22)20-3-4-24-15(20)18-10/h1-6H,7-8H2,(H,19,21). The Morgan fingerprint density at radius 3 is 3.04 bits per heavy atom. The van der Waals surface area contributed by atoms with E-state index in [1.54, 1.807) is 11.6 Å². The summed E-state index contributed by atoms with van der Waals surface area (Å²) >= 11 is 8.56. The summed E-state index contributed by atoms with van der Waals surface area (Å²) in [5.74, 6) is -0.121. The normalized spacial score (nSPS) is 10.9. The molecule has 3 aromatic rings. The molecule has 5 nitrogen and oxygen atoms in total. The maximum Gasteiger partial charge on any atom is 0.258 e. The smallest absolute Gasteiger partial charge is 0.258 e. The Kier molecular flexibility index (Phi) is 5.17. The van der Waals surface area contributed by atoms with Crippen molar-refractivity contribution < 1.29 is 9.18 Å². The van der Waals surface area contributed by atoms with Gasteiger partial charge in [-0.15, -0.1) is 23.1 Å². The number of hydrogen-bond acceptors (Lipinski definition) is 5. The molecule has 9 heteroatoms. The molecule has 2 heterocycles. The lowest BCUT2D eigenvalue weighted by molar-refractivity contribution is -0.113. The second kappa shape index (κ2) is 7.33. The number of thiazole rings is 1. The van der Waals surface area contributed by atoms with Crippen LogP contribution in [0.1, 0.15) is 5.69 Å². The molecule has 0 radical (unpaired) electrons. The van der Waals surface area contributed by atoms with Crippen LogP contribution < -0.4 is 10.9 Å². The Hall–Kier alpha value is -1.90. The van der Waals surface area contributed by atoms with E-state index < -0.39 is 5.82 Å². The number of nitrogens with one attached hydrogen (secondary N) is 1. The van der Waals surface area contributed by atoms with Gasteiger partial charge in [0.05, 0.1) is 22.2 Å². The summed E-state index contributed by atoms with van der Waals surface area (Å²) in [6, 6.07) is 5.23. The lowest BCUT2D eigenvalue weighted by atomic mass is 10.3. The number of rotatable bonds is 5. The monoisotopic (exact) mass is 383 g/mol.